The van der Waals surface area contributed by atoms with Crippen LogP contribution in [0, 0.1) is 10.1 Å². The van der Waals surface area contributed by atoms with E-state index < -0.39 is 4.92 Å². The van der Waals surface area contributed by atoms with E-state index >= 15 is 0 Å². The molecule has 0 saturated carbocycles. The lowest BCUT2D eigenvalue weighted by Gasteiger charge is -2.14. The maximum atomic E-state index is 11.2. The van der Waals surface area contributed by atoms with Crippen molar-refractivity contribution < 1.29 is 9.66 Å². The molecular formula is C14H15BrN2O3S. The minimum atomic E-state index is -0.401. The summed E-state index contributed by atoms with van der Waals surface area (Å²) in [6.07, 6.45) is 0. The Balaban J connectivity index is 2.24. The molecule has 0 spiro atoms. The Bertz CT molecular complexity index is 645. The summed E-state index contributed by atoms with van der Waals surface area (Å²) in [4.78, 5) is 11.9. The number of hydrogen-bond acceptors (Lipinski definition) is 5. The van der Waals surface area contributed by atoms with Gasteiger partial charge in [-0.2, -0.15) is 0 Å². The molecule has 1 N–H and O–H groups in total. The van der Waals surface area contributed by atoms with Crippen LogP contribution in [-0.2, 0) is 0 Å². The molecular weight excluding hydrogens is 356 g/mol. The lowest BCUT2D eigenvalue weighted by Crippen LogP contribution is -2.07. The average molecular weight is 371 g/mol. The van der Waals surface area contributed by atoms with Crippen LogP contribution in [0.25, 0.3) is 0 Å². The van der Waals surface area contributed by atoms with E-state index in [9.17, 15) is 10.1 Å². The molecule has 1 aromatic carbocycles. The van der Waals surface area contributed by atoms with Gasteiger partial charge in [0, 0.05) is 14.7 Å². The molecule has 1 heterocycles. The molecule has 0 amide bonds. The fourth-order valence-electron chi connectivity index (χ4n) is 1.90. The maximum Gasteiger partial charge on any atom is 0.296 e. The summed E-state index contributed by atoms with van der Waals surface area (Å²) >= 11 is 5.01. The van der Waals surface area contributed by atoms with Gasteiger partial charge in [-0.05, 0) is 48.0 Å². The first-order chi connectivity index (χ1) is 10.0. The van der Waals surface area contributed by atoms with Gasteiger partial charge in [-0.15, -0.1) is 11.3 Å². The summed E-state index contributed by atoms with van der Waals surface area (Å²) in [6.45, 7) is 4.29. The van der Waals surface area contributed by atoms with Gasteiger partial charge in [0.05, 0.1) is 23.6 Å². The number of halogens is 1. The fraction of sp³-hybridized carbons (Fsp3) is 0.286. The molecule has 0 radical (unpaired) electrons. The van der Waals surface area contributed by atoms with Crippen LogP contribution in [0.1, 0.15) is 24.8 Å². The Hall–Kier alpha value is -1.60. The molecule has 0 aliphatic heterocycles. The van der Waals surface area contributed by atoms with Crippen molar-refractivity contribution >= 4 is 38.6 Å². The minimum absolute atomic E-state index is 0.0158. The molecule has 1 atom stereocenters. The van der Waals surface area contributed by atoms with E-state index in [1.165, 1.54) is 6.07 Å². The van der Waals surface area contributed by atoms with Gasteiger partial charge < -0.3 is 10.1 Å². The van der Waals surface area contributed by atoms with Crippen molar-refractivity contribution in [3.8, 4) is 5.75 Å². The van der Waals surface area contributed by atoms with E-state index in [-0.39, 0.29) is 11.7 Å². The Labute approximate surface area is 135 Å². The van der Waals surface area contributed by atoms with Gasteiger partial charge >= 0.3 is 0 Å². The van der Waals surface area contributed by atoms with Crippen molar-refractivity contribution in [2.24, 2.45) is 0 Å². The van der Waals surface area contributed by atoms with Gasteiger partial charge in [0.25, 0.3) is 5.69 Å². The first-order valence-electron chi connectivity index (χ1n) is 6.43. The van der Waals surface area contributed by atoms with Crippen LogP contribution in [0.5, 0.6) is 5.75 Å². The van der Waals surface area contributed by atoms with Crippen LogP contribution in [-0.4, -0.2) is 11.5 Å². The van der Waals surface area contributed by atoms with Gasteiger partial charge in [0.15, 0.2) is 0 Å². The van der Waals surface area contributed by atoms with Crippen LogP contribution >= 0.6 is 27.3 Å². The van der Waals surface area contributed by atoms with Crippen LogP contribution < -0.4 is 10.1 Å². The van der Waals surface area contributed by atoms with Crippen molar-refractivity contribution in [2.75, 3.05) is 11.9 Å². The molecule has 7 heteroatoms. The molecule has 0 aliphatic rings. The van der Waals surface area contributed by atoms with E-state index in [1.54, 1.807) is 23.5 Å². The fourth-order valence-corrected chi connectivity index (χ4v) is 3.35. The number of nitrogens with zero attached hydrogens (tertiary/aromatic N) is 1. The lowest BCUT2D eigenvalue weighted by molar-refractivity contribution is -0.384. The summed E-state index contributed by atoms with van der Waals surface area (Å²) in [6, 6.07) is 6.85. The number of rotatable bonds is 6. The molecule has 0 saturated heterocycles. The monoisotopic (exact) mass is 370 g/mol. The number of nitrogens with one attached hydrogen (secondary N) is 1. The second-order valence-corrected chi connectivity index (χ2v) is 6.26. The first-order valence-corrected chi connectivity index (χ1v) is 8.10. The average Bonchev–Trinajstić information content (AvgIpc) is 2.87. The Morgan fingerprint density at radius 1 is 1.48 bits per heavy atom. The molecule has 2 rings (SSSR count). The van der Waals surface area contributed by atoms with Crippen LogP contribution in [0.4, 0.5) is 11.4 Å². The van der Waals surface area contributed by atoms with Gasteiger partial charge in [0.1, 0.15) is 11.4 Å². The Kier molecular flexibility index (Phi) is 5.19. The molecule has 2 aromatic rings. The number of hydrogen-bond donors (Lipinski definition) is 1. The number of thiophene rings is 1. The zero-order valence-corrected chi connectivity index (χ0v) is 14.0. The molecule has 112 valence electrons. The Morgan fingerprint density at radius 2 is 2.24 bits per heavy atom. The zero-order chi connectivity index (χ0) is 15.4. The summed E-state index contributed by atoms with van der Waals surface area (Å²) in [5.74, 6) is 0.501. The molecule has 5 nitrogen and oxygen atoms in total. The predicted octanol–water partition coefficient (Wildman–Crippen LogP) is 4.99. The van der Waals surface area contributed by atoms with Crippen molar-refractivity contribution in [3.63, 3.8) is 0 Å². The van der Waals surface area contributed by atoms with Crippen molar-refractivity contribution in [1.82, 2.24) is 0 Å². The highest BCUT2D eigenvalue weighted by Gasteiger charge is 2.18. The second kappa shape index (κ2) is 6.91. The SMILES string of the molecule is CCOc1ccc(NC(C)c2cc(Br)cs2)c([N+](=O)[O-])c1. The van der Waals surface area contributed by atoms with Gasteiger partial charge in [0.2, 0.25) is 0 Å². The van der Waals surface area contributed by atoms with Crippen LogP contribution in [0.2, 0.25) is 0 Å². The quantitative estimate of drug-likeness (QED) is 0.574. The molecule has 1 aromatic heterocycles. The molecule has 0 aliphatic carbocycles. The highest BCUT2D eigenvalue weighted by molar-refractivity contribution is 9.10. The molecule has 21 heavy (non-hydrogen) atoms. The number of anilines is 1. The topological polar surface area (TPSA) is 64.4 Å². The molecule has 1 unspecified atom stereocenters. The van der Waals surface area contributed by atoms with Crippen molar-refractivity contribution in [3.05, 3.63) is 49.1 Å². The van der Waals surface area contributed by atoms with Crippen LogP contribution in [0.15, 0.2) is 34.1 Å². The van der Waals surface area contributed by atoms with Crippen molar-refractivity contribution in [2.45, 2.75) is 19.9 Å². The third-order valence-electron chi connectivity index (χ3n) is 2.86. The predicted molar refractivity (Wildman–Crippen MR) is 88.3 cm³/mol. The third-order valence-corrected chi connectivity index (χ3v) is 4.74. The van der Waals surface area contributed by atoms with Gasteiger partial charge in [-0.1, -0.05) is 0 Å². The maximum absolute atomic E-state index is 11.2. The molecule has 0 fully saturated rings. The Morgan fingerprint density at radius 3 is 2.81 bits per heavy atom. The van der Waals surface area contributed by atoms with E-state index in [0.717, 1.165) is 9.35 Å². The largest absolute Gasteiger partial charge is 0.494 e. The van der Waals surface area contributed by atoms with Crippen molar-refractivity contribution in [1.29, 1.82) is 0 Å². The second-order valence-electron chi connectivity index (χ2n) is 4.40. The number of benzene rings is 1. The summed E-state index contributed by atoms with van der Waals surface area (Å²) in [5.41, 5.74) is 0.504. The third kappa shape index (κ3) is 3.95. The van der Waals surface area contributed by atoms with Crippen LogP contribution in [0.3, 0.4) is 0 Å². The van der Waals surface area contributed by atoms with E-state index in [0.29, 0.717) is 18.0 Å². The summed E-state index contributed by atoms with van der Waals surface area (Å²) in [5, 5.41) is 16.4. The van der Waals surface area contributed by atoms with E-state index in [4.69, 9.17) is 4.74 Å². The van der Waals surface area contributed by atoms with Gasteiger partial charge in [-0.25, -0.2) is 0 Å². The number of ether oxygens (including phenoxy) is 1. The summed E-state index contributed by atoms with van der Waals surface area (Å²) < 4.78 is 6.32. The normalized spacial score (nSPS) is 12.0. The standard InChI is InChI=1S/C14H15BrN2O3S/c1-3-20-11-4-5-12(13(7-11)17(18)19)16-9(2)14-6-10(15)8-21-14/h4-9,16H,3H2,1-2H3. The zero-order valence-electron chi connectivity index (χ0n) is 11.6. The number of nitro groups is 1. The van der Waals surface area contributed by atoms with Gasteiger partial charge in [-0.3, -0.25) is 10.1 Å². The smallest absolute Gasteiger partial charge is 0.296 e. The van der Waals surface area contributed by atoms with E-state index in [2.05, 4.69) is 21.2 Å². The van der Waals surface area contributed by atoms with E-state index in [1.807, 2.05) is 25.3 Å². The highest BCUT2D eigenvalue weighted by atomic mass is 79.9. The molecule has 0 bridgehead atoms. The highest BCUT2D eigenvalue weighted by Crippen LogP contribution is 2.33. The minimum Gasteiger partial charge on any atom is -0.494 e. The first kappa shape index (κ1) is 15.8. The number of nitro benzene ring substituents is 1. The lowest BCUT2D eigenvalue weighted by atomic mass is 10.2. The summed E-state index contributed by atoms with van der Waals surface area (Å²) in [7, 11) is 0.